The van der Waals surface area contributed by atoms with Gasteiger partial charge in [-0.15, -0.1) is 0 Å². The van der Waals surface area contributed by atoms with Gasteiger partial charge in [0, 0.05) is 23.1 Å². The van der Waals surface area contributed by atoms with E-state index < -0.39 is 11.9 Å². The number of aromatic carboxylic acids is 2. The zero-order chi connectivity index (χ0) is 18.5. The number of aromatic nitrogens is 2. The molecule has 2 aromatic carbocycles. The highest BCUT2D eigenvalue weighted by molar-refractivity contribution is 5.93. The van der Waals surface area contributed by atoms with E-state index in [-0.39, 0.29) is 17.1 Å². The number of benzene rings is 2. The Morgan fingerprint density at radius 3 is 2.27 bits per heavy atom. The summed E-state index contributed by atoms with van der Waals surface area (Å²) in [5.74, 6) is -1.93. The van der Waals surface area contributed by atoms with Crippen LogP contribution in [0, 0.1) is 0 Å². The van der Waals surface area contributed by atoms with Crippen molar-refractivity contribution in [1.82, 2.24) is 9.97 Å². The number of rotatable bonds is 6. The van der Waals surface area contributed by atoms with Crippen molar-refractivity contribution in [2.45, 2.75) is 0 Å². The average molecular weight is 348 g/mol. The lowest BCUT2D eigenvalue weighted by Gasteiger charge is -2.13. The summed E-state index contributed by atoms with van der Waals surface area (Å²) < 4.78 is 0. The molecule has 0 aliphatic heterocycles. The van der Waals surface area contributed by atoms with Crippen molar-refractivity contribution in [2.75, 3.05) is 10.6 Å². The number of anilines is 4. The summed E-state index contributed by atoms with van der Waals surface area (Å²) in [4.78, 5) is 30.2. The van der Waals surface area contributed by atoms with Crippen LogP contribution >= 0.6 is 0 Å². The molecule has 0 spiro atoms. The molecular formula is C18H12N4O4-2. The first kappa shape index (κ1) is 16.9. The summed E-state index contributed by atoms with van der Waals surface area (Å²) in [5.41, 5.74) is 1.00. The summed E-state index contributed by atoms with van der Waals surface area (Å²) in [6, 6.07) is 13.8. The number of para-hydroxylation sites is 1. The lowest BCUT2D eigenvalue weighted by Crippen LogP contribution is -2.23. The molecule has 0 amide bonds. The second kappa shape index (κ2) is 7.31. The first-order valence-electron chi connectivity index (χ1n) is 7.52. The Morgan fingerprint density at radius 2 is 1.58 bits per heavy atom. The van der Waals surface area contributed by atoms with Crippen LogP contribution in [0.25, 0.3) is 0 Å². The van der Waals surface area contributed by atoms with Crippen molar-refractivity contribution >= 4 is 35.1 Å². The molecule has 130 valence electrons. The Bertz CT molecular complexity index is 957. The fraction of sp³-hybridized carbons (Fsp3) is 0. The number of carboxylic acid groups (broad SMARTS) is 2. The summed E-state index contributed by atoms with van der Waals surface area (Å²) in [6.45, 7) is 0. The summed E-state index contributed by atoms with van der Waals surface area (Å²) in [7, 11) is 0. The molecule has 0 aliphatic carbocycles. The van der Waals surface area contributed by atoms with Gasteiger partial charge in [-0.3, -0.25) is 0 Å². The highest BCUT2D eigenvalue weighted by atomic mass is 16.4. The summed E-state index contributed by atoms with van der Waals surface area (Å²) in [5, 5.41) is 27.7. The lowest BCUT2D eigenvalue weighted by molar-refractivity contribution is -0.256. The highest BCUT2D eigenvalue weighted by Crippen LogP contribution is 2.20. The van der Waals surface area contributed by atoms with Crippen LogP contribution < -0.4 is 20.8 Å². The molecule has 0 atom stereocenters. The van der Waals surface area contributed by atoms with E-state index in [1.54, 1.807) is 36.4 Å². The van der Waals surface area contributed by atoms with Crippen LogP contribution in [0.3, 0.4) is 0 Å². The SMILES string of the molecule is O=C([O-])c1ccc(Nc2nccc(Nc3ccccc3C(=O)[O-])n2)cc1. The van der Waals surface area contributed by atoms with Crippen LogP contribution in [0.5, 0.6) is 0 Å². The van der Waals surface area contributed by atoms with E-state index in [2.05, 4.69) is 20.6 Å². The summed E-state index contributed by atoms with van der Waals surface area (Å²) >= 11 is 0. The van der Waals surface area contributed by atoms with E-state index in [4.69, 9.17) is 0 Å². The van der Waals surface area contributed by atoms with Gasteiger partial charge in [0.15, 0.2) is 0 Å². The standard InChI is InChI=1S/C18H14N4O4/c23-16(24)11-5-7-12(8-6-11)20-18-19-10-9-15(22-18)21-14-4-2-1-3-13(14)17(25)26/h1-10H,(H,23,24)(H,25,26)(H2,19,20,21,22)/p-2. The van der Waals surface area contributed by atoms with Crippen molar-refractivity contribution in [1.29, 1.82) is 0 Å². The molecule has 0 bridgehead atoms. The Hall–Kier alpha value is -3.94. The lowest BCUT2D eigenvalue weighted by atomic mass is 10.2. The number of carbonyl (C=O) groups is 2. The third-order valence-electron chi connectivity index (χ3n) is 3.44. The molecule has 8 nitrogen and oxygen atoms in total. The first-order chi connectivity index (χ1) is 12.5. The van der Waals surface area contributed by atoms with Crippen LogP contribution in [0.2, 0.25) is 0 Å². The van der Waals surface area contributed by atoms with Crippen molar-refractivity contribution in [3.8, 4) is 0 Å². The molecule has 0 saturated carbocycles. The van der Waals surface area contributed by atoms with Crippen molar-refractivity contribution < 1.29 is 19.8 Å². The zero-order valence-corrected chi connectivity index (χ0v) is 13.3. The molecule has 8 heteroatoms. The van der Waals surface area contributed by atoms with Crippen molar-refractivity contribution in [3.63, 3.8) is 0 Å². The van der Waals surface area contributed by atoms with Gasteiger partial charge in [0.05, 0.1) is 11.9 Å². The van der Waals surface area contributed by atoms with E-state index in [1.165, 1.54) is 24.4 Å². The first-order valence-corrected chi connectivity index (χ1v) is 7.52. The van der Waals surface area contributed by atoms with Crippen LogP contribution in [0.4, 0.5) is 23.1 Å². The van der Waals surface area contributed by atoms with E-state index >= 15 is 0 Å². The molecule has 0 aliphatic rings. The number of hydrogen-bond acceptors (Lipinski definition) is 8. The van der Waals surface area contributed by atoms with Crippen molar-refractivity contribution in [3.05, 3.63) is 71.9 Å². The third kappa shape index (κ3) is 3.93. The minimum Gasteiger partial charge on any atom is -0.545 e. The summed E-state index contributed by atoms with van der Waals surface area (Å²) in [6.07, 6.45) is 1.49. The average Bonchev–Trinajstić information content (AvgIpc) is 2.63. The minimum absolute atomic E-state index is 0.0125. The smallest absolute Gasteiger partial charge is 0.229 e. The molecule has 3 aromatic rings. The van der Waals surface area contributed by atoms with Crippen molar-refractivity contribution in [2.24, 2.45) is 0 Å². The number of nitrogens with zero attached hydrogens (tertiary/aromatic N) is 2. The Kier molecular flexibility index (Phi) is 4.75. The molecule has 3 rings (SSSR count). The number of carbonyl (C=O) groups excluding carboxylic acids is 2. The molecular weight excluding hydrogens is 336 g/mol. The van der Waals surface area contributed by atoms with Gasteiger partial charge in [-0.25, -0.2) is 4.98 Å². The van der Waals surface area contributed by atoms with Gasteiger partial charge in [-0.1, -0.05) is 30.3 Å². The molecule has 2 N–H and O–H groups in total. The largest absolute Gasteiger partial charge is 0.545 e. The Morgan fingerprint density at radius 1 is 0.846 bits per heavy atom. The fourth-order valence-corrected chi connectivity index (χ4v) is 2.22. The van der Waals surface area contributed by atoms with Crippen LogP contribution in [-0.4, -0.2) is 21.9 Å². The van der Waals surface area contributed by atoms with Gasteiger partial charge in [0.2, 0.25) is 5.95 Å². The maximum atomic E-state index is 11.2. The van der Waals surface area contributed by atoms with E-state index in [0.29, 0.717) is 17.2 Å². The normalized spacial score (nSPS) is 10.2. The molecule has 1 aromatic heterocycles. The maximum absolute atomic E-state index is 11.2. The topological polar surface area (TPSA) is 130 Å². The van der Waals surface area contributed by atoms with Gasteiger partial charge in [-0.2, -0.15) is 4.98 Å². The molecule has 0 saturated heterocycles. The molecule has 1 heterocycles. The maximum Gasteiger partial charge on any atom is 0.229 e. The quantitative estimate of drug-likeness (QED) is 0.665. The second-order valence-electron chi connectivity index (χ2n) is 5.21. The van der Waals surface area contributed by atoms with Gasteiger partial charge in [0.1, 0.15) is 5.82 Å². The van der Waals surface area contributed by atoms with Gasteiger partial charge in [-0.05, 0) is 29.8 Å². The molecule has 26 heavy (non-hydrogen) atoms. The zero-order valence-electron chi connectivity index (χ0n) is 13.3. The van der Waals surface area contributed by atoms with Gasteiger partial charge in [0.25, 0.3) is 0 Å². The Balaban J connectivity index is 1.78. The minimum atomic E-state index is -1.30. The number of carboxylic acids is 2. The van der Waals surface area contributed by atoms with Crippen LogP contribution in [0.15, 0.2) is 60.8 Å². The van der Waals surface area contributed by atoms with Gasteiger partial charge >= 0.3 is 0 Å². The molecule has 0 fully saturated rings. The van der Waals surface area contributed by atoms with Crippen LogP contribution in [0.1, 0.15) is 20.7 Å². The molecule has 0 unspecified atom stereocenters. The fourth-order valence-electron chi connectivity index (χ4n) is 2.22. The van der Waals surface area contributed by atoms with Crippen LogP contribution in [-0.2, 0) is 0 Å². The van der Waals surface area contributed by atoms with E-state index in [0.717, 1.165) is 0 Å². The van der Waals surface area contributed by atoms with E-state index in [9.17, 15) is 19.8 Å². The predicted molar refractivity (Wildman–Crippen MR) is 90.1 cm³/mol. The predicted octanol–water partition coefficient (Wildman–Crippen LogP) is 0.691. The molecule has 0 radical (unpaired) electrons. The second-order valence-corrected chi connectivity index (χ2v) is 5.21. The van der Waals surface area contributed by atoms with E-state index in [1.807, 2.05) is 0 Å². The number of nitrogens with one attached hydrogen (secondary N) is 2. The monoisotopic (exact) mass is 348 g/mol. The Labute approximate surface area is 148 Å². The third-order valence-corrected chi connectivity index (χ3v) is 3.44. The highest BCUT2D eigenvalue weighted by Gasteiger charge is 2.05. The number of hydrogen-bond donors (Lipinski definition) is 2. The van der Waals surface area contributed by atoms with Gasteiger partial charge < -0.3 is 30.4 Å².